The zero-order chi connectivity index (χ0) is 24.5. The van der Waals surface area contributed by atoms with Crippen LogP contribution < -0.4 is 5.32 Å². The average Bonchev–Trinajstić information content (AvgIpc) is 3.28. The summed E-state index contributed by atoms with van der Waals surface area (Å²) in [5, 5.41) is 21.6. The minimum atomic E-state index is -5.08. The summed E-state index contributed by atoms with van der Waals surface area (Å²) in [5.74, 6) is -5.51. The predicted octanol–water partition coefficient (Wildman–Crippen LogP) is 2.94. The highest BCUT2D eigenvalue weighted by atomic mass is 19.4. The van der Waals surface area contributed by atoms with E-state index in [1.165, 1.54) is 4.68 Å². The van der Waals surface area contributed by atoms with E-state index < -0.39 is 30.4 Å². The van der Waals surface area contributed by atoms with E-state index in [1.807, 2.05) is 30.3 Å². The number of halogens is 6. The van der Waals surface area contributed by atoms with Crippen LogP contribution in [0.5, 0.6) is 0 Å². The van der Waals surface area contributed by atoms with Crippen LogP contribution in [0.15, 0.2) is 36.5 Å². The fraction of sp³-hybridized carbons (Fsp3) is 0.294. The van der Waals surface area contributed by atoms with Crippen molar-refractivity contribution < 1.29 is 55.7 Å². The Kier molecular flexibility index (Phi) is 9.19. The number of carboxylic acids is 2. The summed E-state index contributed by atoms with van der Waals surface area (Å²) in [7, 11) is 0. The first-order chi connectivity index (χ1) is 14.7. The second kappa shape index (κ2) is 11.1. The first-order valence-electron chi connectivity index (χ1n) is 8.31. The Morgan fingerprint density at radius 3 is 1.91 bits per heavy atom. The molecule has 9 nitrogen and oxygen atoms in total. The lowest BCUT2D eigenvalue weighted by molar-refractivity contribution is -0.193. The molecule has 2 aromatic rings. The second-order valence-electron chi connectivity index (χ2n) is 5.80. The van der Waals surface area contributed by atoms with Crippen LogP contribution in [0.2, 0.25) is 0 Å². The third-order valence-corrected chi connectivity index (χ3v) is 3.36. The topological polar surface area (TPSA) is 131 Å². The Bertz CT molecular complexity index is 882. The van der Waals surface area contributed by atoms with Crippen LogP contribution in [-0.2, 0) is 34.0 Å². The number of aliphatic carboxylic acids is 2. The van der Waals surface area contributed by atoms with E-state index in [4.69, 9.17) is 24.5 Å². The number of hydrogen-bond acceptors (Lipinski definition) is 6. The molecule has 1 aliphatic rings. The van der Waals surface area contributed by atoms with Crippen LogP contribution in [0.4, 0.5) is 31.1 Å². The molecule has 0 saturated carbocycles. The molecule has 0 amide bonds. The molecule has 2 heterocycles. The van der Waals surface area contributed by atoms with E-state index in [0.717, 1.165) is 23.4 Å². The largest absolute Gasteiger partial charge is 0.490 e. The van der Waals surface area contributed by atoms with Crippen molar-refractivity contribution in [3.05, 3.63) is 53.3 Å². The zero-order valence-electron chi connectivity index (χ0n) is 15.8. The van der Waals surface area contributed by atoms with Gasteiger partial charge in [0.15, 0.2) is 0 Å². The minimum Gasteiger partial charge on any atom is -0.475 e. The number of rotatable bonds is 2. The Morgan fingerprint density at radius 2 is 1.47 bits per heavy atom. The Labute approximate surface area is 175 Å². The number of nitrogens with zero attached hydrogens (tertiary/aromatic N) is 2. The van der Waals surface area contributed by atoms with Gasteiger partial charge in [0.1, 0.15) is 6.61 Å². The molecule has 3 rings (SSSR count). The molecule has 0 fully saturated rings. The van der Waals surface area contributed by atoms with Gasteiger partial charge < -0.3 is 20.3 Å². The molecule has 1 aliphatic heterocycles. The average molecular weight is 471 g/mol. The second-order valence-corrected chi connectivity index (χ2v) is 5.80. The van der Waals surface area contributed by atoms with E-state index in [9.17, 15) is 31.1 Å². The van der Waals surface area contributed by atoms with Crippen LogP contribution in [0, 0.1) is 0 Å². The normalized spacial score (nSPS) is 12.4. The fourth-order valence-corrected chi connectivity index (χ4v) is 1.94. The van der Waals surface area contributed by atoms with Crippen molar-refractivity contribution in [3.8, 4) is 0 Å². The van der Waals surface area contributed by atoms with Gasteiger partial charge in [0.25, 0.3) is 0 Å². The summed E-state index contributed by atoms with van der Waals surface area (Å²) in [6, 6.07) is 9.59. The minimum absolute atomic E-state index is 0.266. The van der Waals surface area contributed by atoms with Gasteiger partial charge in [-0.25, -0.2) is 14.4 Å². The highest BCUT2D eigenvalue weighted by Crippen LogP contribution is 2.14. The summed E-state index contributed by atoms with van der Waals surface area (Å²) in [4.78, 5) is 29.6. The Balaban J connectivity index is 0.000000305. The molecular weight excluding hydrogens is 456 g/mol. The number of carbonyl (C=O) groups is 3. The summed E-state index contributed by atoms with van der Waals surface area (Å²) in [6.45, 7) is 1.75. The van der Waals surface area contributed by atoms with Crippen LogP contribution in [0.3, 0.4) is 0 Å². The fourth-order valence-electron chi connectivity index (χ4n) is 1.94. The van der Waals surface area contributed by atoms with Gasteiger partial charge in [-0.15, -0.1) is 0 Å². The Morgan fingerprint density at radius 1 is 0.969 bits per heavy atom. The standard InChI is InChI=1S/C13H13N3O2.2C2HF3O2/c17-13(18-9-10-4-2-1-3-5-10)16-8-11-6-14-7-12(11)15-16;2*3-2(4,5)1(6)7/h1-5,8,14H,6-7,9H2;2*(H,6,7). The number of ether oxygens (including phenoxy) is 1. The number of nitrogens with one attached hydrogen (secondary N) is 1. The molecule has 0 bridgehead atoms. The van der Waals surface area contributed by atoms with Gasteiger partial charge in [-0.05, 0) is 5.56 Å². The molecule has 0 atom stereocenters. The van der Waals surface area contributed by atoms with Crippen molar-refractivity contribution in [3.63, 3.8) is 0 Å². The smallest absolute Gasteiger partial charge is 0.475 e. The zero-order valence-corrected chi connectivity index (χ0v) is 15.8. The summed E-state index contributed by atoms with van der Waals surface area (Å²) in [5.41, 5.74) is 2.95. The third kappa shape index (κ3) is 9.03. The molecule has 0 aliphatic carbocycles. The highest BCUT2D eigenvalue weighted by molar-refractivity contribution is 5.73. The molecule has 1 aromatic heterocycles. The maximum absolute atomic E-state index is 11.8. The van der Waals surface area contributed by atoms with Crippen LogP contribution in [-0.4, -0.2) is 50.4 Å². The van der Waals surface area contributed by atoms with E-state index in [1.54, 1.807) is 6.20 Å². The number of fused-ring (bicyclic) bond motifs is 1. The van der Waals surface area contributed by atoms with E-state index in [2.05, 4.69) is 10.4 Å². The van der Waals surface area contributed by atoms with Crippen molar-refractivity contribution in [1.82, 2.24) is 15.1 Å². The molecule has 0 saturated heterocycles. The molecule has 176 valence electrons. The summed E-state index contributed by atoms with van der Waals surface area (Å²) in [6.07, 6.45) is -8.88. The van der Waals surface area contributed by atoms with Crippen molar-refractivity contribution in [2.45, 2.75) is 32.0 Å². The molecular formula is C17H15F6N3O6. The number of carboxylic acid groups (broad SMARTS) is 2. The van der Waals surface area contributed by atoms with E-state index in [0.29, 0.717) is 6.54 Å². The quantitative estimate of drug-likeness (QED) is 0.570. The number of benzene rings is 1. The van der Waals surface area contributed by atoms with Gasteiger partial charge in [-0.1, -0.05) is 30.3 Å². The molecule has 15 heteroatoms. The lowest BCUT2D eigenvalue weighted by Crippen LogP contribution is -2.21. The maximum Gasteiger partial charge on any atom is 0.490 e. The Hall–Kier alpha value is -3.62. The van der Waals surface area contributed by atoms with Gasteiger partial charge >= 0.3 is 30.4 Å². The third-order valence-electron chi connectivity index (χ3n) is 3.36. The summed E-state index contributed by atoms with van der Waals surface area (Å²) >= 11 is 0. The van der Waals surface area contributed by atoms with Gasteiger partial charge in [-0.2, -0.15) is 36.1 Å². The van der Waals surface area contributed by atoms with Crippen molar-refractivity contribution in [1.29, 1.82) is 0 Å². The molecule has 32 heavy (non-hydrogen) atoms. The first kappa shape index (κ1) is 26.4. The SMILES string of the molecule is O=C(O)C(F)(F)F.O=C(O)C(F)(F)F.O=C(OCc1ccccc1)n1cc2c(n1)CNC2. The number of alkyl halides is 6. The lowest BCUT2D eigenvalue weighted by atomic mass is 10.2. The first-order valence-corrected chi connectivity index (χ1v) is 8.31. The van der Waals surface area contributed by atoms with E-state index >= 15 is 0 Å². The molecule has 0 radical (unpaired) electrons. The van der Waals surface area contributed by atoms with Gasteiger partial charge in [0.2, 0.25) is 0 Å². The van der Waals surface area contributed by atoms with Crippen LogP contribution >= 0.6 is 0 Å². The summed E-state index contributed by atoms with van der Waals surface area (Å²) < 4.78 is 69.9. The number of carbonyl (C=O) groups excluding carboxylic acids is 1. The lowest BCUT2D eigenvalue weighted by Gasteiger charge is -2.04. The number of aromatic nitrogens is 2. The molecule has 1 aromatic carbocycles. The van der Waals surface area contributed by atoms with Crippen molar-refractivity contribution in [2.75, 3.05) is 0 Å². The highest BCUT2D eigenvalue weighted by Gasteiger charge is 2.38. The molecule has 3 N–H and O–H groups in total. The van der Waals surface area contributed by atoms with Crippen LogP contribution in [0.1, 0.15) is 16.8 Å². The maximum atomic E-state index is 11.8. The van der Waals surface area contributed by atoms with Crippen molar-refractivity contribution in [2.24, 2.45) is 0 Å². The monoisotopic (exact) mass is 471 g/mol. The number of hydrogen-bond donors (Lipinski definition) is 3. The predicted molar refractivity (Wildman–Crippen MR) is 92.2 cm³/mol. The molecule has 0 spiro atoms. The van der Waals surface area contributed by atoms with Crippen LogP contribution in [0.25, 0.3) is 0 Å². The van der Waals surface area contributed by atoms with Crippen molar-refractivity contribution >= 4 is 18.0 Å². The van der Waals surface area contributed by atoms with Gasteiger partial charge in [0.05, 0.1) is 5.69 Å². The van der Waals surface area contributed by atoms with Gasteiger partial charge in [-0.3, -0.25) is 0 Å². The van der Waals surface area contributed by atoms with Gasteiger partial charge in [0, 0.05) is 24.8 Å². The van der Waals surface area contributed by atoms with E-state index in [-0.39, 0.29) is 6.61 Å². The molecule has 0 unspecified atom stereocenters.